The Morgan fingerprint density at radius 3 is 2.42 bits per heavy atom. The number of carbonyl (C=O) groups is 2. The highest BCUT2D eigenvalue weighted by Crippen LogP contribution is 2.23. The van der Waals surface area contributed by atoms with Gasteiger partial charge in [-0.1, -0.05) is 18.9 Å². The molecule has 130 valence electrons. The first-order valence-electron chi connectivity index (χ1n) is 8.74. The molecule has 6 nitrogen and oxygen atoms in total. The second-order valence-corrected chi connectivity index (χ2v) is 6.67. The van der Waals surface area contributed by atoms with Gasteiger partial charge in [-0.15, -0.1) is 0 Å². The molecule has 1 saturated heterocycles. The van der Waals surface area contributed by atoms with E-state index in [0.29, 0.717) is 37.7 Å². The Morgan fingerprint density at radius 1 is 1.08 bits per heavy atom. The molecule has 1 heterocycles. The molecule has 2 fully saturated rings. The summed E-state index contributed by atoms with van der Waals surface area (Å²) < 4.78 is 0. The van der Waals surface area contributed by atoms with E-state index in [9.17, 15) is 14.7 Å². The van der Waals surface area contributed by atoms with E-state index in [1.165, 1.54) is 31.7 Å². The van der Waals surface area contributed by atoms with Crippen molar-refractivity contribution < 1.29 is 14.7 Å². The molecule has 0 radical (unpaired) electrons. The van der Waals surface area contributed by atoms with Gasteiger partial charge in [-0.2, -0.15) is 0 Å². The van der Waals surface area contributed by atoms with Crippen molar-refractivity contribution in [1.29, 1.82) is 0 Å². The number of nitrogens with zero attached hydrogens (tertiary/aromatic N) is 2. The molecule has 2 N–H and O–H groups in total. The van der Waals surface area contributed by atoms with E-state index in [2.05, 4.69) is 5.32 Å². The molecule has 1 aromatic rings. The first kappa shape index (κ1) is 16.6. The van der Waals surface area contributed by atoms with Gasteiger partial charge in [-0.3, -0.25) is 4.79 Å². The predicted molar refractivity (Wildman–Crippen MR) is 90.9 cm³/mol. The SMILES string of the molecule is O=C(NCC1CCCC1)N1CCN(C(=O)c2cccc(O)c2)CC1. The minimum atomic E-state index is -0.100. The summed E-state index contributed by atoms with van der Waals surface area (Å²) in [4.78, 5) is 28.2. The number of benzene rings is 1. The van der Waals surface area contributed by atoms with Gasteiger partial charge in [-0.25, -0.2) is 4.79 Å². The summed E-state index contributed by atoms with van der Waals surface area (Å²) in [5, 5.41) is 12.5. The molecule has 6 heteroatoms. The predicted octanol–water partition coefficient (Wildman–Crippen LogP) is 2.05. The maximum atomic E-state index is 12.4. The van der Waals surface area contributed by atoms with Gasteiger partial charge in [-0.05, 0) is 37.0 Å². The number of nitrogens with one attached hydrogen (secondary N) is 1. The van der Waals surface area contributed by atoms with Crippen LogP contribution in [0.3, 0.4) is 0 Å². The topological polar surface area (TPSA) is 72.9 Å². The second-order valence-electron chi connectivity index (χ2n) is 6.67. The molecule has 0 bridgehead atoms. The Hall–Kier alpha value is -2.24. The van der Waals surface area contributed by atoms with Gasteiger partial charge in [0.1, 0.15) is 5.75 Å². The van der Waals surface area contributed by atoms with Crippen LogP contribution < -0.4 is 5.32 Å². The average molecular weight is 331 g/mol. The Balaban J connectivity index is 1.46. The lowest BCUT2D eigenvalue weighted by molar-refractivity contribution is 0.0664. The van der Waals surface area contributed by atoms with Crippen LogP contribution in [0.4, 0.5) is 4.79 Å². The monoisotopic (exact) mass is 331 g/mol. The normalized spacial score (nSPS) is 18.7. The molecule has 0 atom stereocenters. The van der Waals surface area contributed by atoms with Gasteiger partial charge in [0.25, 0.3) is 5.91 Å². The van der Waals surface area contributed by atoms with Crippen LogP contribution in [-0.2, 0) is 0 Å². The number of urea groups is 1. The Morgan fingerprint density at radius 2 is 1.75 bits per heavy atom. The van der Waals surface area contributed by atoms with Crippen LogP contribution in [0.2, 0.25) is 0 Å². The van der Waals surface area contributed by atoms with Crippen LogP contribution in [0.5, 0.6) is 5.75 Å². The van der Waals surface area contributed by atoms with Crippen LogP contribution in [0.15, 0.2) is 24.3 Å². The number of hydrogen-bond acceptors (Lipinski definition) is 3. The molecule has 1 aliphatic heterocycles. The molecule has 3 rings (SSSR count). The highest BCUT2D eigenvalue weighted by Gasteiger charge is 2.25. The molecule has 1 saturated carbocycles. The molecule has 0 spiro atoms. The fourth-order valence-corrected chi connectivity index (χ4v) is 3.49. The first-order valence-corrected chi connectivity index (χ1v) is 8.74. The number of hydrogen-bond donors (Lipinski definition) is 2. The lowest BCUT2D eigenvalue weighted by atomic mass is 10.1. The van der Waals surface area contributed by atoms with E-state index in [-0.39, 0.29) is 17.7 Å². The van der Waals surface area contributed by atoms with Crippen molar-refractivity contribution in [2.45, 2.75) is 25.7 Å². The van der Waals surface area contributed by atoms with Gasteiger partial charge in [0, 0.05) is 38.3 Å². The first-order chi connectivity index (χ1) is 11.6. The summed E-state index contributed by atoms with van der Waals surface area (Å²) in [7, 11) is 0. The third-order valence-electron chi connectivity index (χ3n) is 4.96. The highest BCUT2D eigenvalue weighted by atomic mass is 16.3. The Bertz CT molecular complexity index is 591. The van der Waals surface area contributed by atoms with Crippen LogP contribution in [0, 0.1) is 5.92 Å². The van der Waals surface area contributed by atoms with Crippen LogP contribution >= 0.6 is 0 Å². The molecule has 3 amide bonds. The summed E-state index contributed by atoms with van der Waals surface area (Å²) in [5.74, 6) is 0.616. The molecular formula is C18H25N3O3. The van der Waals surface area contributed by atoms with E-state index >= 15 is 0 Å². The summed E-state index contributed by atoms with van der Waals surface area (Å²) in [6.45, 7) is 2.89. The van der Waals surface area contributed by atoms with Crippen LogP contribution in [0.25, 0.3) is 0 Å². The maximum absolute atomic E-state index is 12.4. The van der Waals surface area contributed by atoms with Crippen LogP contribution in [-0.4, -0.2) is 59.6 Å². The van der Waals surface area contributed by atoms with Crippen molar-refractivity contribution in [3.05, 3.63) is 29.8 Å². The van der Waals surface area contributed by atoms with Crippen molar-refractivity contribution in [3.63, 3.8) is 0 Å². The van der Waals surface area contributed by atoms with Gasteiger partial charge < -0.3 is 20.2 Å². The summed E-state index contributed by atoms with van der Waals surface area (Å²) in [6, 6.07) is 6.36. The lowest BCUT2D eigenvalue weighted by Gasteiger charge is -2.35. The summed E-state index contributed by atoms with van der Waals surface area (Å²) in [6.07, 6.45) is 4.98. The smallest absolute Gasteiger partial charge is 0.317 e. The molecule has 1 aromatic carbocycles. The fourth-order valence-electron chi connectivity index (χ4n) is 3.49. The molecular weight excluding hydrogens is 306 g/mol. The molecule has 0 unspecified atom stereocenters. The van der Waals surface area contributed by atoms with Gasteiger partial charge in [0.05, 0.1) is 0 Å². The molecule has 1 aliphatic carbocycles. The Kier molecular flexibility index (Phi) is 5.23. The van der Waals surface area contributed by atoms with E-state index < -0.39 is 0 Å². The van der Waals surface area contributed by atoms with E-state index in [0.717, 1.165) is 6.54 Å². The average Bonchev–Trinajstić information content (AvgIpc) is 3.13. The summed E-state index contributed by atoms with van der Waals surface area (Å²) >= 11 is 0. The third-order valence-corrected chi connectivity index (χ3v) is 4.96. The van der Waals surface area contributed by atoms with Crippen molar-refractivity contribution >= 4 is 11.9 Å². The number of phenolic OH excluding ortho intramolecular Hbond substituents is 1. The van der Waals surface area contributed by atoms with Gasteiger partial charge in [0.15, 0.2) is 0 Å². The Labute approximate surface area is 142 Å². The lowest BCUT2D eigenvalue weighted by Crippen LogP contribution is -2.53. The van der Waals surface area contributed by atoms with Gasteiger partial charge in [0.2, 0.25) is 0 Å². The number of rotatable bonds is 3. The second kappa shape index (κ2) is 7.55. The highest BCUT2D eigenvalue weighted by molar-refractivity contribution is 5.94. The fraction of sp³-hybridized carbons (Fsp3) is 0.556. The van der Waals surface area contributed by atoms with Crippen molar-refractivity contribution in [1.82, 2.24) is 15.1 Å². The largest absolute Gasteiger partial charge is 0.508 e. The van der Waals surface area contributed by atoms with Gasteiger partial charge >= 0.3 is 6.03 Å². The summed E-state index contributed by atoms with van der Waals surface area (Å²) in [5.41, 5.74) is 0.481. The standard InChI is InChI=1S/C18H25N3O3/c22-16-7-3-6-15(12-16)17(23)20-8-10-21(11-9-20)18(24)19-13-14-4-1-2-5-14/h3,6-7,12,14,22H,1-2,4-5,8-11,13H2,(H,19,24). The van der Waals surface area contributed by atoms with E-state index in [1.807, 2.05) is 0 Å². The van der Waals surface area contributed by atoms with Crippen LogP contribution in [0.1, 0.15) is 36.0 Å². The van der Waals surface area contributed by atoms with Crippen molar-refractivity contribution in [2.75, 3.05) is 32.7 Å². The maximum Gasteiger partial charge on any atom is 0.317 e. The van der Waals surface area contributed by atoms with E-state index in [1.54, 1.807) is 28.0 Å². The zero-order chi connectivity index (χ0) is 16.9. The minimum Gasteiger partial charge on any atom is -0.508 e. The number of piperazine rings is 1. The zero-order valence-electron chi connectivity index (χ0n) is 13.9. The quantitative estimate of drug-likeness (QED) is 0.890. The van der Waals surface area contributed by atoms with Crippen molar-refractivity contribution in [3.8, 4) is 5.75 Å². The molecule has 0 aromatic heterocycles. The molecule has 24 heavy (non-hydrogen) atoms. The molecule has 2 aliphatic rings. The zero-order valence-corrected chi connectivity index (χ0v) is 13.9. The number of carbonyl (C=O) groups excluding carboxylic acids is 2. The van der Waals surface area contributed by atoms with Crippen molar-refractivity contribution in [2.24, 2.45) is 5.92 Å². The number of aromatic hydroxyl groups is 1. The number of amides is 3. The minimum absolute atomic E-state index is 0.0219. The van der Waals surface area contributed by atoms with E-state index in [4.69, 9.17) is 0 Å². The number of phenols is 1. The third kappa shape index (κ3) is 3.99.